The molecule has 1 atom stereocenters. The fourth-order valence-corrected chi connectivity index (χ4v) is 2.11. The molecule has 0 bridgehead atoms. The van der Waals surface area contributed by atoms with Crippen LogP contribution in [-0.2, 0) is 4.74 Å². The Bertz CT molecular complexity index is 479. The lowest BCUT2D eigenvalue weighted by Crippen LogP contribution is -2.29. The van der Waals surface area contributed by atoms with Crippen molar-refractivity contribution < 1.29 is 13.5 Å². The number of nitriles is 1. The van der Waals surface area contributed by atoms with E-state index in [1.54, 1.807) is 18.0 Å². The van der Waals surface area contributed by atoms with Gasteiger partial charge in [-0.3, -0.25) is 0 Å². The van der Waals surface area contributed by atoms with Crippen LogP contribution in [0.2, 0.25) is 0 Å². The van der Waals surface area contributed by atoms with Gasteiger partial charge in [-0.2, -0.15) is 5.26 Å². The number of anilines is 1. The van der Waals surface area contributed by atoms with Crippen LogP contribution in [0.1, 0.15) is 18.4 Å². The van der Waals surface area contributed by atoms with Crippen molar-refractivity contribution in [3.05, 3.63) is 29.3 Å². The largest absolute Gasteiger partial charge is 0.376 e. The van der Waals surface area contributed by atoms with Crippen molar-refractivity contribution in [2.45, 2.75) is 18.9 Å². The maximum absolute atomic E-state index is 13.8. The molecule has 0 spiro atoms. The number of hydrogen-bond acceptors (Lipinski definition) is 3. The molecule has 0 N–H and O–H groups in total. The van der Waals surface area contributed by atoms with Gasteiger partial charge in [0, 0.05) is 20.2 Å². The fourth-order valence-electron chi connectivity index (χ4n) is 2.11. The molecule has 5 heteroatoms. The molecule has 0 saturated carbocycles. The zero-order valence-corrected chi connectivity index (χ0v) is 10.1. The molecule has 0 amide bonds. The fraction of sp³-hybridized carbons (Fsp3) is 0.462. The van der Waals surface area contributed by atoms with E-state index < -0.39 is 11.6 Å². The summed E-state index contributed by atoms with van der Waals surface area (Å²) >= 11 is 0. The van der Waals surface area contributed by atoms with Gasteiger partial charge in [-0.15, -0.1) is 0 Å². The number of halogens is 2. The lowest BCUT2D eigenvalue weighted by atomic mass is 10.1. The van der Waals surface area contributed by atoms with Gasteiger partial charge in [-0.25, -0.2) is 8.78 Å². The lowest BCUT2D eigenvalue weighted by Gasteiger charge is -2.23. The second-order valence-electron chi connectivity index (χ2n) is 4.39. The highest BCUT2D eigenvalue weighted by atomic mass is 19.2. The van der Waals surface area contributed by atoms with Crippen molar-refractivity contribution in [1.29, 1.82) is 5.26 Å². The first-order valence-corrected chi connectivity index (χ1v) is 5.84. The van der Waals surface area contributed by atoms with Crippen LogP contribution in [0.3, 0.4) is 0 Å². The van der Waals surface area contributed by atoms with Crippen LogP contribution in [0.25, 0.3) is 0 Å². The van der Waals surface area contributed by atoms with Gasteiger partial charge in [0.15, 0.2) is 11.6 Å². The Hall–Kier alpha value is -1.67. The maximum atomic E-state index is 13.8. The molecule has 1 fully saturated rings. The van der Waals surface area contributed by atoms with Gasteiger partial charge in [0.25, 0.3) is 0 Å². The van der Waals surface area contributed by atoms with E-state index in [0.717, 1.165) is 19.4 Å². The Balaban J connectivity index is 2.17. The third-order valence-corrected chi connectivity index (χ3v) is 3.10. The van der Waals surface area contributed by atoms with E-state index >= 15 is 0 Å². The second-order valence-corrected chi connectivity index (χ2v) is 4.39. The minimum Gasteiger partial charge on any atom is -0.376 e. The lowest BCUT2D eigenvalue weighted by molar-refractivity contribution is 0.116. The Morgan fingerprint density at radius 3 is 2.83 bits per heavy atom. The van der Waals surface area contributed by atoms with Gasteiger partial charge in [0.2, 0.25) is 0 Å². The minimum absolute atomic E-state index is 0.0631. The molecule has 0 aromatic heterocycles. The van der Waals surface area contributed by atoms with Crippen molar-refractivity contribution in [1.82, 2.24) is 0 Å². The summed E-state index contributed by atoms with van der Waals surface area (Å²) in [4.78, 5) is 1.62. The first-order valence-electron chi connectivity index (χ1n) is 5.84. The molecule has 0 aliphatic carbocycles. The van der Waals surface area contributed by atoms with E-state index in [1.165, 1.54) is 12.1 Å². The van der Waals surface area contributed by atoms with Crippen LogP contribution in [0, 0.1) is 23.0 Å². The quantitative estimate of drug-likeness (QED) is 0.829. The van der Waals surface area contributed by atoms with Crippen molar-refractivity contribution in [2.75, 3.05) is 25.1 Å². The molecule has 1 aromatic carbocycles. The molecule has 1 saturated heterocycles. The van der Waals surface area contributed by atoms with Gasteiger partial charge < -0.3 is 9.64 Å². The number of nitrogens with zero attached hydrogens (tertiary/aromatic N) is 2. The molecule has 1 unspecified atom stereocenters. The van der Waals surface area contributed by atoms with Crippen molar-refractivity contribution in [2.24, 2.45) is 0 Å². The Morgan fingerprint density at radius 2 is 2.22 bits per heavy atom. The van der Waals surface area contributed by atoms with E-state index in [1.807, 2.05) is 0 Å². The zero-order chi connectivity index (χ0) is 13.1. The van der Waals surface area contributed by atoms with Crippen LogP contribution in [0.5, 0.6) is 0 Å². The predicted octanol–water partition coefficient (Wildman–Crippen LogP) is 2.45. The molecule has 1 aliphatic rings. The molecule has 0 radical (unpaired) electrons. The maximum Gasteiger partial charge on any atom is 0.183 e. The summed E-state index contributed by atoms with van der Waals surface area (Å²) in [7, 11) is 1.69. The van der Waals surface area contributed by atoms with Gasteiger partial charge in [0.05, 0.1) is 17.4 Å². The summed E-state index contributed by atoms with van der Waals surface area (Å²) in [6.07, 6.45) is 2.00. The monoisotopic (exact) mass is 252 g/mol. The van der Waals surface area contributed by atoms with Crippen LogP contribution in [0.15, 0.2) is 12.1 Å². The summed E-state index contributed by atoms with van der Waals surface area (Å²) in [6, 6.07) is 4.33. The third-order valence-electron chi connectivity index (χ3n) is 3.10. The Morgan fingerprint density at radius 1 is 1.44 bits per heavy atom. The molecule has 18 heavy (non-hydrogen) atoms. The Kier molecular flexibility index (Phi) is 3.78. The first-order chi connectivity index (χ1) is 8.63. The van der Waals surface area contributed by atoms with Crippen molar-refractivity contribution in [3.63, 3.8) is 0 Å². The summed E-state index contributed by atoms with van der Waals surface area (Å²) in [6.45, 7) is 1.24. The molecular formula is C13H14F2N2O. The number of hydrogen-bond donors (Lipinski definition) is 0. The molecular weight excluding hydrogens is 238 g/mol. The van der Waals surface area contributed by atoms with Crippen LogP contribution < -0.4 is 4.90 Å². The highest BCUT2D eigenvalue weighted by Crippen LogP contribution is 2.24. The highest BCUT2D eigenvalue weighted by Gasteiger charge is 2.21. The molecule has 1 aromatic rings. The third kappa shape index (κ3) is 2.44. The Labute approximate surface area is 105 Å². The summed E-state index contributed by atoms with van der Waals surface area (Å²) < 4.78 is 32.7. The molecule has 3 nitrogen and oxygen atoms in total. The average Bonchev–Trinajstić information content (AvgIpc) is 2.85. The van der Waals surface area contributed by atoms with Gasteiger partial charge in [0.1, 0.15) is 6.07 Å². The molecule has 1 aliphatic heterocycles. The average molecular weight is 252 g/mol. The summed E-state index contributed by atoms with van der Waals surface area (Å²) in [5, 5.41) is 8.61. The van der Waals surface area contributed by atoms with Crippen molar-refractivity contribution in [3.8, 4) is 6.07 Å². The number of likely N-dealkylation sites (N-methyl/N-ethyl adjacent to an activating group) is 1. The second kappa shape index (κ2) is 5.32. The number of benzene rings is 1. The van der Waals surface area contributed by atoms with Crippen molar-refractivity contribution >= 4 is 5.69 Å². The molecule has 96 valence electrons. The van der Waals surface area contributed by atoms with E-state index in [2.05, 4.69) is 0 Å². The topological polar surface area (TPSA) is 36.3 Å². The molecule has 1 heterocycles. The standard InChI is InChI=1S/C13H14F2N2O/c1-17(8-10-3-2-6-18-10)11-5-4-9(7-16)12(14)13(11)15/h4-5,10H,2-3,6,8H2,1H3. The van der Waals surface area contributed by atoms with E-state index in [9.17, 15) is 8.78 Å². The molecule has 2 rings (SSSR count). The van der Waals surface area contributed by atoms with Gasteiger partial charge in [-0.05, 0) is 25.0 Å². The van der Waals surface area contributed by atoms with E-state index in [4.69, 9.17) is 10.00 Å². The van der Waals surface area contributed by atoms with Gasteiger partial charge in [-0.1, -0.05) is 0 Å². The smallest absolute Gasteiger partial charge is 0.183 e. The predicted molar refractivity (Wildman–Crippen MR) is 63.3 cm³/mol. The minimum atomic E-state index is -1.09. The normalized spacial score (nSPS) is 18.7. The van der Waals surface area contributed by atoms with E-state index in [0.29, 0.717) is 6.54 Å². The van der Waals surface area contributed by atoms with Crippen LogP contribution >= 0.6 is 0 Å². The number of ether oxygens (including phenoxy) is 1. The highest BCUT2D eigenvalue weighted by molar-refractivity contribution is 5.51. The van der Waals surface area contributed by atoms with E-state index in [-0.39, 0.29) is 17.4 Å². The van der Waals surface area contributed by atoms with Crippen LogP contribution in [-0.4, -0.2) is 26.3 Å². The SMILES string of the molecule is CN(CC1CCCO1)c1ccc(C#N)c(F)c1F. The summed E-state index contributed by atoms with van der Waals surface area (Å²) in [5.41, 5.74) is -0.122. The van der Waals surface area contributed by atoms with Crippen LogP contribution in [0.4, 0.5) is 14.5 Å². The summed E-state index contributed by atoms with van der Waals surface area (Å²) in [5.74, 6) is -2.07. The van der Waals surface area contributed by atoms with Gasteiger partial charge >= 0.3 is 0 Å². The first kappa shape index (κ1) is 12.8. The zero-order valence-electron chi connectivity index (χ0n) is 10.1. The number of rotatable bonds is 3.